The zero-order valence-corrected chi connectivity index (χ0v) is 23.5. The molecule has 0 saturated carbocycles. The molecule has 1 aliphatic rings. The maximum atomic E-state index is 13.4. The Labute approximate surface area is 238 Å². The Morgan fingerprint density at radius 1 is 1.00 bits per heavy atom. The molecule has 3 aromatic rings. The van der Waals surface area contributed by atoms with Gasteiger partial charge in [-0.15, -0.1) is 0 Å². The summed E-state index contributed by atoms with van der Waals surface area (Å²) in [5.41, 5.74) is 1.25. The molecule has 2 atom stereocenters. The minimum atomic E-state index is -0.972. The lowest BCUT2D eigenvalue weighted by atomic mass is 9.85. The van der Waals surface area contributed by atoms with Gasteiger partial charge in [-0.1, -0.05) is 57.2 Å². The first kappa shape index (κ1) is 29.3. The third-order valence-electron chi connectivity index (χ3n) is 6.65. The minimum Gasteiger partial charge on any atom is -0.494 e. The number of ether oxygens (including phenoxy) is 2. The Hall–Kier alpha value is -4.73. The van der Waals surface area contributed by atoms with Gasteiger partial charge >= 0.3 is 0 Å². The summed E-state index contributed by atoms with van der Waals surface area (Å²) < 4.78 is 10.7. The Kier molecular flexibility index (Phi) is 8.71. The van der Waals surface area contributed by atoms with Crippen molar-refractivity contribution in [1.29, 1.82) is 0 Å². The smallest absolute Gasteiger partial charge is 0.244 e. The molecule has 2 amide bonds. The molecule has 216 valence electrons. The number of amides is 2. The van der Waals surface area contributed by atoms with Gasteiger partial charge in [-0.05, 0) is 48.1 Å². The van der Waals surface area contributed by atoms with Gasteiger partial charge in [-0.2, -0.15) is 0 Å². The summed E-state index contributed by atoms with van der Waals surface area (Å²) in [7, 11) is 0. The van der Waals surface area contributed by atoms with Crippen molar-refractivity contribution in [3.05, 3.63) is 76.9 Å². The standard InChI is InChI=1S/C31H35N3O7/c1-18-27(30(39)34-29(18)38)28(37)22(16-31(2,3)4)33-26(36)15-21(20-8-6-5-7-9-20)32-25(35)13-11-19-10-12-23-24(14-19)41-17-40-23/h5-14,21-22,34,38-39H,15-17H2,1-4H3,(H,32,35)(H,33,36)/t21-,22?/m0/s1. The number of benzene rings is 2. The Morgan fingerprint density at radius 3 is 2.37 bits per heavy atom. The van der Waals surface area contributed by atoms with E-state index < -0.39 is 35.6 Å². The maximum Gasteiger partial charge on any atom is 0.244 e. The van der Waals surface area contributed by atoms with Gasteiger partial charge in [0.05, 0.1) is 24.1 Å². The molecule has 5 N–H and O–H groups in total. The number of aromatic hydroxyl groups is 2. The molecule has 4 rings (SSSR count). The highest BCUT2D eigenvalue weighted by molar-refractivity contribution is 6.05. The van der Waals surface area contributed by atoms with E-state index in [1.807, 2.05) is 51.1 Å². The number of carbonyl (C=O) groups excluding carboxylic acids is 3. The lowest BCUT2D eigenvalue weighted by molar-refractivity contribution is -0.122. The second-order valence-electron chi connectivity index (χ2n) is 11.2. The van der Waals surface area contributed by atoms with Crippen molar-refractivity contribution in [2.75, 3.05) is 6.79 Å². The second kappa shape index (κ2) is 12.2. The number of ketones is 1. The van der Waals surface area contributed by atoms with Crippen molar-refractivity contribution in [3.63, 3.8) is 0 Å². The van der Waals surface area contributed by atoms with Crippen molar-refractivity contribution in [1.82, 2.24) is 15.6 Å². The molecule has 10 nitrogen and oxygen atoms in total. The lowest BCUT2D eigenvalue weighted by Crippen LogP contribution is -2.44. The van der Waals surface area contributed by atoms with E-state index in [2.05, 4.69) is 15.6 Å². The Balaban J connectivity index is 1.49. The molecule has 2 heterocycles. The van der Waals surface area contributed by atoms with Crippen LogP contribution in [-0.4, -0.2) is 45.6 Å². The number of rotatable bonds is 10. The summed E-state index contributed by atoms with van der Waals surface area (Å²) in [5, 5.41) is 25.8. The Bertz CT molecular complexity index is 1450. The molecule has 0 aliphatic carbocycles. The number of fused-ring (bicyclic) bond motifs is 1. The highest BCUT2D eigenvalue weighted by atomic mass is 16.7. The number of hydrogen-bond acceptors (Lipinski definition) is 7. The van der Waals surface area contributed by atoms with Crippen molar-refractivity contribution in [3.8, 4) is 23.3 Å². The predicted molar refractivity (Wildman–Crippen MR) is 153 cm³/mol. The van der Waals surface area contributed by atoms with Gasteiger partial charge in [0.1, 0.15) is 0 Å². The van der Waals surface area contributed by atoms with E-state index in [4.69, 9.17) is 9.47 Å². The summed E-state index contributed by atoms with van der Waals surface area (Å²) in [6, 6.07) is 12.8. The van der Waals surface area contributed by atoms with Crippen LogP contribution in [0.25, 0.3) is 6.08 Å². The molecule has 1 unspecified atom stereocenters. The first-order valence-corrected chi connectivity index (χ1v) is 13.3. The molecule has 1 aliphatic heterocycles. The number of carbonyl (C=O) groups is 3. The number of Topliss-reactive ketones (excluding diaryl/α,β-unsaturated/α-hetero) is 1. The minimum absolute atomic E-state index is 0.0707. The molecule has 41 heavy (non-hydrogen) atoms. The third kappa shape index (κ3) is 7.47. The van der Waals surface area contributed by atoms with E-state index in [-0.39, 0.29) is 42.1 Å². The van der Waals surface area contributed by atoms with Gasteiger partial charge in [0.25, 0.3) is 0 Å². The first-order valence-electron chi connectivity index (χ1n) is 13.3. The monoisotopic (exact) mass is 561 g/mol. The highest BCUT2D eigenvalue weighted by Gasteiger charge is 2.32. The summed E-state index contributed by atoms with van der Waals surface area (Å²) in [6.45, 7) is 7.45. The van der Waals surface area contributed by atoms with Crippen LogP contribution in [0.5, 0.6) is 23.3 Å². The summed E-state index contributed by atoms with van der Waals surface area (Å²) in [5.74, 6) is -0.915. The van der Waals surface area contributed by atoms with Crippen molar-refractivity contribution < 1.29 is 34.1 Å². The first-order chi connectivity index (χ1) is 19.4. The van der Waals surface area contributed by atoms with Crippen LogP contribution in [0.15, 0.2) is 54.6 Å². The molecule has 1 aromatic heterocycles. The lowest BCUT2D eigenvalue weighted by Gasteiger charge is -2.27. The van der Waals surface area contributed by atoms with Crippen LogP contribution >= 0.6 is 0 Å². The molecule has 0 spiro atoms. The van der Waals surface area contributed by atoms with Crippen LogP contribution in [0.2, 0.25) is 0 Å². The zero-order valence-electron chi connectivity index (χ0n) is 23.5. The zero-order chi connectivity index (χ0) is 29.7. The summed E-state index contributed by atoms with van der Waals surface area (Å²) >= 11 is 0. The molecule has 0 radical (unpaired) electrons. The fraction of sp³-hybridized carbons (Fsp3) is 0.323. The molecule has 0 saturated heterocycles. The summed E-state index contributed by atoms with van der Waals surface area (Å²) in [4.78, 5) is 42.0. The van der Waals surface area contributed by atoms with E-state index in [1.54, 1.807) is 24.3 Å². The molecule has 0 fully saturated rings. The number of H-pyrrole nitrogens is 1. The number of nitrogens with one attached hydrogen (secondary N) is 3. The van der Waals surface area contributed by atoms with E-state index in [9.17, 15) is 24.6 Å². The van der Waals surface area contributed by atoms with Gasteiger partial charge in [0.15, 0.2) is 23.2 Å². The normalized spacial score (nSPS) is 14.0. The fourth-order valence-corrected chi connectivity index (χ4v) is 4.65. The topological polar surface area (TPSA) is 150 Å². The van der Waals surface area contributed by atoms with Gasteiger partial charge in [0.2, 0.25) is 24.5 Å². The molecule has 0 bridgehead atoms. The van der Waals surface area contributed by atoms with E-state index in [1.165, 1.54) is 13.0 Å². The second-order valence-corrected chi connectivity index (χ2v) is 11.2. The van der Waals surface area contributed by atoms with Gasteiger partial charge < -0.3 is 30.3 Å². The van der Waals surface area contributed by atoms with Crippen LogP contribution in [-0.2, 0) is 9.59 Å². The number of hydrogen-bond donors (Lipinski definition) is 5. The highest BCUT2D eigenvalue weighted by Crippen LogP contribution is 2.33. The van der Waals surface area contributed by atoms with Gasteiger partial charge in [0, 0.05) is 11.6 Å². The third-order valence-corrected chi connectivity index (χ3v) is 6.65. The van der Waals surface area contributed by atoms with Crippen LogP contribution in [0.1, 0.15) is 66.7 Å². The van der Waals surface area contributed by atoms with Gasteiger partial charge in [-0.3, -0.25) is 19.4 Å². The van der Waals surface area contributed by atoms with Crippen molar-refractivity contribution in [2.45, 2.75) is 52.6 Å². The van der Waals surface area contributed by atoms with Crippen molar-refractivity contribution >= 4 is 23.7 Å². The largest absolute Gasteiger partial charge is 0.494 e. The molecule has 2 aromatic carbocycles. The number of aromatic amines is 1. The van der Waals surface area contributed by atoms with Crippen molar-refractivity contribution in [2.24, 2.45) is 5.41 Å². The summed E-state index contributed by atoms with van der Waals surface area (Å²) in [6.07, 6.45) is 3.16. The predicted octanol–water partition coefficient (Wildman–Crippen LogP) is 4.53. The average molecular weight is 562 g/mol. The maximum absolute atomic E-state index is 13.4. The van der Waals surface area contributed by atoms with E-state index >= 15 is 0 Å². The average Bonchev–Trinajstić information content (AvgIpc) is 3.48. The SMILES string of the molecule is Cc1c(O)[nH]c(O)c1C(=O)C(CC(C)(C)C)NC(=O)C[C@H](NC(=O)C=Cc1ccc2c(c1)OCO2)c1ccccc1. The Morgan fingerprint density at radius 2 is 1.71 bits per heavy atom. The molecular weight excluding hydrogens is 526 g/mol. The van der Waals surface area contributed by atoms with Crippen LogP contribution in [0, 0.1) is 12.3 Å². The molecule has 10 heteroatoms. The van der Waals surface area contributed by atoms with E-state index in [0.717, 1.165) is 11.1 Å². The fourth-order valence-electron chi connectivity index (χ4n) is 4.65. The van der Waals surface area contributed by atoms with Gasteiger partial charge in [-0.25, -0.2) is 0 Å². The van der Waals surface area contributed by atoms with Crippen LogP contribution in [0.3, 0.4) is 0 Å². The number of aromatic nitrogens is 1. The quantitative estimate of drug-likeness (QED) is 0.180. The van der Waals surface area contributed by atoms with E-state index in [0.29, 0.717) is 11.5 Å². The van der Waals surface area contributed by atoms with Crippen LogP contribution in [0.4, 0.5) is 0 Å². The van der Waals surface area contributed by atoms with Crippen LogP contribution < -0.4 is 20.1 Å². The molecular formula is C31H35N3O7.